The SMILES string of the molecule is CC(C)CC(N)c1nc(C2SCCSC2C)no1. The molecule has 1 saturated heterocycles. The number of aromatic nitrogens is 2. The Hall–Kier alpha value is -0.200. The summed E-state index contributed by atoms with van der Waals surface area (Å²) in [6, 6.07) is -0.136. The Bertz CT molecular complexity index is 383. The molecule has 0 saturated carbocycles. The number of nitrogens with two attached hydrogens (primary N) is 1. The fourth-order valence-corrected chi connectivity index (χ4v) is 4.72. The molecular weight excluding hydrogens is 266 g/mol. The van der Waals surface area contributed by atoms with E-state index in [4.69, 9.17) is 10.3 Å². The molecule has 1 aliphatic rings. The third-order valence-electron chi connectivity index (χ3n) is 2.94. The fraction of sp³-hybridized carbons (Fsp3) is 0.833. The van der Waals surface area contributed by atoms with Gasteiger partial charge in [0.2, 0.25) is 5.89 Å². The monoisotopic (exact) mass is 287 g/mol. The van der Waals surface area contributed by atoms with Crippen LogP contribution in [-0.2, 0) is 0 Å². The van der Waals surface area contributed by atoms with E-state index in [0.717, 1.165) is 18.0 Å². The van der Waals surface area contributed by atoms with Gasteiger partial charge in [0, 0.05) is 16.8 Å². The maximum absolute atomic E-state index is 6.07. The van der Waals surface area contributed by atoms with Crippen molar-refractivity contribution in [1.29, 1.82) is 0 Å². The van der Waals surface area contributed by atoms with E-state index in [9.17, 15) is 0 Å². The van der Waals surface area contributed by atoms with Gasteiger partial charge >= 0.3 is 0 Å². The second-order valence-electron chi connectivity index (χ2n) is 5.09. The lowest BCUT2D eigenvalue weighted by Gasteiger charge is -2.24. The summed E-state index contributed by atoms with van der Waals surface area (Å²) in [7, 11) is 0. The van der Waals surface area contributed by atoms with Crippen LogP contribution in [0.2, 0.25) is 0 Å². The molecule has 3 atom stereocenters. The molecule has 0 bridgehead atoms. The molecule has 4 nitrogen and oxygen atoms in total. The van der Waals surface area contributed by atoms with Crippen LogP contribution in [0.25, 0.3) is 0 Å². The van der Waals surface area contributed by atoms with Gasteiger partial charge in [-0.15, -0.1) is 11.8 Å². The molecule has 102 valence electrons. The van der Waals surface area contributed by atoms with Crippen molar-refractivity contribution in [2.75, 3.05) is 11.5 Å². The molecule has 2 rings (SSSR count). The highest BCUT2D eigenvalue weighted by molar-refractivity contribution is 8.06. The van der Waals surface area contributed by atoms with Gasteiger partial charge < -0.3 is 10.3 Å². The lowest BCUT2D eigenvalue weighted by Crippen LogP contribution is -2.17. The number of nitrogens with zero attached hydrogens (tertiary/aromatic N) is 2. The van der Waals surface area contributed by atoms with Crippen molar-refractivity contribution < 1.29 is 4.52 Å². The van der Waals surface area contributed by atoms with Gasteiger partial charge in [0.25, 0.3) is 0 Å². The Labute approximate surface area is 117 Å². The summed E-state index contributed by atoms with van der Waals surface area (Å²) >= 11 is 3.89. The minimum atomic E-state index is -0.136. The molecule has 0 aliphatic carbocycles. The van der Waals surface area contributed by atoms with Gasteiger partial charge in [-0.25, -0.2) is 0 Å². The van der Waals surface area contributed by atoms with Crippen molar-refractivity contribution in [1.82, 2.24) is 10.1 Å². The van der Waals surface area contributed by atoms with Crippen LogP contribution in [0.3, 0.4) is 0 Å². The second-order valence-corrected chi connectivity index (χ2v) is 7.83. The third-order valence-corrected chi connectivity index (χ3v) is 6.03. The third kappa shape index (κ3) is 3.42. The zero-order valence-electron chi connectivity index (χ0n) is 11.1. The average Bonchev–Trinajstić information content (AvgIpc) is 2.78. The van der Waals surface area contributed by atoms with Crippen LogP contribution in [-0.4, -0.2) is 26.9 Å². The van der Waals surface area contributed by atoms with E-state index in [1.165, 1.54) is 5.75 Å². The molecule has 1 aromatic heterocycles. The molecule has 0 radical (unpaired) electrons. The average molecular weight is 287 g/mol. The molecule has 0 amide bonds. The zero-order valence-corrected chi connectivity index (χ0v) is 12.8. The predicted octanol–water partition coefficient (Wildman–Crippen LogP) is 3.03. The molecule has 1 fully saturated rings. The Balaban J connectivity index is 2.05. The van der Waals surface area contributed by atoms with Crippen molar-refractivity contribution in [3.8, 4) is 0 Å². The number of hydrogen-bond acceptors (Lipinski definition) is 6. The highest BCUT2D eigenvalue weighted by Gasteiger charge is 2.29. The number of rotatable bonds is 4. The smallest absolute Gasteiger partial charge is 0.243 e. The van der Waals surface area contributed by atoms with Gasteiger partial charge in [-0.1, -0.05) is 25.9 Å². The number of thioether (sulfide) groups is 2. The molecule has 6 heteroatoms. The molecule has 0 spiro atoms. The highest BCUT2D eigenvalue weighted by Crippen LogP contribution is 2.41. The first-order chi connectivity index (χ1) is 8.58. The van der Waals surface area contributed by atoms with Gasteiger partial charge in [0.05, 0.1) is 11.3 Å². The first-order valence-corrected chi connectivity index (χ1v) is 8.50. The molecule has 2 heterocycles. The van der Waals surface area contributed by atoms with Gasteiger partial charge in [-0.05, 0) is 12.3 Å². The van der Waals surface area contributed by atoms with Crippen molar-refractivity contribution in [2.45, 2.75) is 43.7 Å². The molecule has 1 aromatic rings. The molecular formula is C12H21N3OS2. The van der Waals surface area contributed by atoms with E-state index in [1.54, 1.807) is 0 Å². The summed E-state index contributed by atoms with van der Waals surface area (Å²) in [6.45, 7) is 6.52. The van der Waals surface area contributed by atoms with Crippen molar-refractivity contribution >= 4 is 23.5 Å². The van der Waals surface area contributed by atoms with E-state index < -0.39 is 0 Å². The van der Waals surface area contributed by atoms with Crippen LogP contribution in [0.1, 0.15) is 50.2 Å². The zero-order chi connectivity index (χ0) is 13.1. The second kappa shape index (κ2) is 6.30. The topological polar surface area (TPSA) is 64.9 Å². The van der Waals surface area contributed by atoms with Gasteiger partial charge in [0.1, 0.15) is 0 Å². The van der Waals surface area contributed by atoms with Crippen LogP contribution < -0.4 is 5.73 Å². The fourth-order valence-electron chi connectivity index (χ4n) is 2.04. The van der Waals surface area contributed by atoms with Crippen LogP contribution in [0.5, 0.6) is 0 Å². The maximum Gasteiger partial charge on any atom is 0.243 e. The quantitative estimate of drug-likeness (QED) is 0.918. The summed E-state index contributed by atoms with van der Waals surface area (Å²) < 4.78 is 5.32. The Kier molecular flexibility index (Phi) is 4.98. The number of hydrogen-bond donors (Lipinski definition) is 1. The van der Waals surface area contributed by atoms with E-state index in [2.05, 4.69) is 30.9 Å². The van der Waals surface area contributed by atoms with Crippen molar-refractivity contribution in [3.63, 3.8) is 0 Å². The van der Waals surface area contributed by atoms with E-state index in [0.29, 0.717) is 22.3 Å². The minimum Gasteiger partial charge on any atom is -0.338 e. The molecule has 3 unspecified atom stereocenters. The summed E-state index contributed by atoms with van der Waals surface area (Å²) in [6.07, 6.45) is 0.879. The summed E-state index contributed by atoms with van der Waals surface area (Å²) in [4.78, 5) is 4.50. The Morgan fingerprint density at radius 3 is 2.78 bits per heavy atom. The lowest BCUT2D eigenvalue weighted by molar-refractivity contribution is 0.332. The van der Waals surface area contributed by atoms with Crippen molar-refractivity contribution in [2.24, 2.45) is 11.7 Å². The largest absolute Gasteiger partial charge is 0.338 e. The normalized spacial score (nSPS) is 26.5. The van der Waals surface area contributed by atoms with Gasteiger partial charge in [-0.3, -0.25) is 0 Å². The molecule has 18 heavy (non-hydrogen) atoms. The highest BCUT2D eigenvalue weighted by atomic mass is 32.2. The van der Waals surface area contributed by atoms with E-state index in [-0.39, 0.29) is 6.04 Å². The predicted molar refractivity (Wildman–Crippen MR) is 77.8 cm³/mol. The minimum absolute atomic E-state index is 0.136. The first-order valence-electron chi connectivity index (χ1n) is 6.40. The van der Waals surface area contributed by atoms with Crippen molar-refractivity contribution in [3.05, 3.63) is 11.7 Å². The maximum atomic E-state index is 6.07. The van der Waals surface area contributed by atoms with E-state index >= 15 is 0 Å². The van der Waals surface area contributed by atoms with Crippen LogP contribution in [0.15, 0.2) is 4.52 Å². The lowest BCUT2D eigenvalue weighted by atomic mass is 10.0. The molecule has 0 aromatic carbocycles. The Morgan fingerprint density at radius 2 is 2.11 bits per heavy atom. The Morgan fingerprint density at radius 1 is 1.39 bits per heavy atom. The first kappa shape index (κ1) is 14.2. The van der Waals surface area contributed by atoms with Crippen LogP contribution in [0.4, 0.5) is 0 Å². The molecule has 1 aliphatic heterocycles. The van der Waals surface area contributed by atoms with Crippen LogP contribution in [0, 0.1) is 5.92 Å². The van der Waals surface area contributed by atoms with E-state index in [1.807, 2.05) is 23.5 Å². The van der Waals surface area contributed by atoms with Crippen LogP contribution >= 0.6 is 23.5 Å². The standard InChI is InChI=1S/C12H21N3OS2/c1-7(2)6-9(13)12-14-11(15-16-12)10-8(3)17-4-5-18-10/h7-10H,4-6,13H2,1-3H3. The molecule has 2 N–H and O–H groups in total. The summed E-state index contributed by atoms with van der Waals surface area (Å²) in [5.74, 6) is 4.30. The summed E-state index contributed by atoms with van der Waals surface area (Å²) in [5.41, 5.74) is 6.07. The van der Waals surface area contributed by atoms with Gasteiger partial charge in [-0.2, -0.15) is 16.7 Å². The summed E-state index contributed by atoms with van der Waals surface area (Å²) in [5, 5.41) is 5.00. The van der Waals surface area contributed by atoms with Gasteiger partial charge in [0.15, 0.2) is 5.82 Å².